The largest absolute Gasteiger partial charge is 0.310 e. The molecule has 4 fully saturated rings. The fourth-order valence-corrected chi connectivity index (χ4v) is 11.8. The van der Waals surface area contributed by atoms with Gasteiger partial charge in [-0.05, 0) is 154 Å². The molecule has 6 atom stereocenters. The molecule has 2 spiro atoms. The first-order valence-corrected chi connectivity index (χ1v) is 17.9. The van der Waals surface area contributed by atoms with Crippen LogP contribution in [0.15, 0.2) is 146 Å². The highest BCUT2D eigenvalue weighted by molar-refractivity contribution is 5.88. The molecule has 0 saturated heterocycles. The lowest BCUT2D eigenvalue weighted by Crippen LogP contribution is -2.50. The minimum Gasteiger partial charge on any atom is -0.310 e. The van der Waals surface area contributed by atoms with Crippen molar-refractivity contribution in [1.82, 2.24) is 4.98 Å². The molecule has 3 bridgehead atoms. The molecule has 48 heavy (non-hydrogen) atoms. The zero-order valence-corrected chi connectivity index (χ0v) is 27.1. The molecule has 6 unspecified atom stereocenters. The van der Waals surface area contributed by atoms with Crippen molar-refractivity contribution in [3.63, 3.8) is 0 Å². The molecular weight excluding hydrogens is 581 g/mol. The number of hydrogen-bond acceptors (Lipinski definition) is 2. The highest BCUT2D eigenvalue weighted by Gasteiger charge is 2.76. The number of benzene rings is 5. The topological polar surface area (TPSA) is 16.1 Å². The van der Waals surface area contributed by atoms with Crippen LogP contribution in [0, 0.1) is 29.1 Å². The van der Waals surface area contributed by atoms with E-state index < -0.39 is 0 Å². The molecule has 1 aromatic heterocycles. The Hall–Kier alpha value is -4.95. The number of aromatic nitrogens is 1. The average molecular weight is 619 g/mol. The molecular formula is C46H38N2. The second-order valence-electron chi connectivity index (χ2n) is 15.3. The third-order valence-corrected chi connectivity index (χ3v) is 13.5. The summed E-state index contributed by atoms with van der Waals surface area (Å²) in [6, 6.07) is 50.0. The van der Waals surface area contributed by atoms with Crippen molar-refractivity contribution in [2.24, 2.45) is 29.1 Å². The van der Waals surface area contributed by atoms with E-state index in [-0.39, 0.29) is 5.41 Å². The van der Waals surface area contributed by atoms with Crippen molar-refractivity contribution in [1.29, 1.82) is 0 Å². The molecule has 2 nitrogen and oxygen atoms in total. The van der Waals surface area contributed by atoms with Crippen molar-refractivity contribution in [2.75, 3.05) is 4.90 Å². The minimum absolute atomic E-state index is 0.199. The predicted octanol–water partition coefficient (Wildman–Crippen LogP) is 11.6. The Morgan fingerprint density at radius 1 is 0.500 bits per heavy atom. The normalized spacial score (nSPS) is 28.2. The fraction of sp³-hybridized carbons (Fsp3) is 0.239. The number of nitrogens with zero attached hydrogens (tertiary/aromatic N) is 2. The Kier molecular flexibility index (Phi) is 5.52. The minimum atomic E-state index is 0.199. The zero-order valence-electron chi connectivity index (χ0n) is 27.1. The lowest BCUT2D eigenvalue weighted by atomic mass is 9.49. The van der Waals surface area contributed by atoms with E-state index in [1.54, 1.807) is 11.1 Å². The Labute approximate surface area is 283 Å². The van der Waals surface area contributed by atoms with Gasteiger partial charge in [0.2, 0.25) is 0 Å². The summed E-state index contributed by atoms with van der Waals surface area (Å²) >= 11 is 0. The Morgan fingerprint density at radius 2 is 1.10 bits per heavy atom. The van der Waals surface area contributed by atoms with Gasteiger partial charge in [0.15, 0.2) is 0 Å². The van der Waals surface area contributed by atoms with Crippen LogP contribution in [0.4, 0.5) is 17.1 Å². The van der Waals surface area contributed by atoms with Crippen LogP contribution in [0.2, 0.25) is 0 Å². The van der Waals surface area contributed by atoms with Crippen molar-refractivity contribution >= 4 is 17.1 Å². The maximum absolute atomic E-state index is 4.22. The summed E-state index contributed by atoms with van der Waals surface area (Å²) in [6.45, 7) is 0. The van der Waals surface area contributed by atoms with E-state index >= 15 is 0 Å². The SMILES string of the molecule is c1ccc(-c2ccc(N(c3ccc(-c4ccncc4)cc3)c3ccc4c(c3)-c3ccccc3C43C4CC5CC6CC3C6(C5)C4)cc2)cc1. The van der Waals surface area contributed by atoms with E-state index in [4.69, 9.17) is 0 Å². The van der Waals surface area contributed by atoms with Gasteiger partial charge in [-0.15, -0.1) is 0 Å². The Bertz CT molecular complexity index is 2110. The van der Waals surface area contributed by atoms with Crippen LogP contribution in [0.25, 0.3) is 33.4 Å². The summed E-state index contributed by atoms with van der Waals surface area (Å²) in [6.07, 6.45) is 11.1. The molecule has 6 aromatic rings. The molecule has 0 radical (unpaired) electrons. The van der Waals surface area contributed by atoms with Gasteiger partial charge >= 0.3 is 0 Å². The standard InChI is InChI=1S/C46H38N2/c1-2-6-31(7-3-1)32-10-14-37(15-11-32)48(38-16-12-33(13-17-38)34-20-22-47-23-21-34)39-18-19-43-41(27-39)40-8-4-5-9-42(40)46(43)36-25-30-24-35-26-44(46)45(35,28-30)29-36/h1-23,27,30,35-36,44H,24-26,28-29H2. The van der Waals surface area contributed by atoms with Crippen molar-refractivity contribution in [3.8, 4) is 33.4 Å². The summed E-state index contributed by atoms with van der Waals surface area (Å²) in [5.74, 6) is 3.53. The van der Waals surface area contributed by atoms with E-state index in [1.165, 1.54) is 76.9 Å². The van der Waals surface area contributed by atoms with E-state index in [9.17, 15) is 0 Å². The second-order valence-corrected chi connectivity index (χ2v) is 15.3. The first-order valence-electron chi connectivity index (χ1n) is 17.9. The Morgan fingerprint density at radius 3 is 1.85 bits per heavy atom. The van der Waals surface area contributed by atoms with E-state index in [0.717, 1.165) is 29.4 Å². The lowest BCUT2D eigenvalue weighted by Gasteiger charge is -2.54. The second kappa shape index (κ2) is 9.80. The first kappa shape index (κ1) is 27.0. The van der Waals surface area contributed by atoms with Gasteiger partial charge in [0.05, 0.1) is 0 Å². The van der Waals surface area contributed by atoms with E-state index in [1.807, 2.05) is 12.4 Å². The summed E-state index contributed by atoms with van der Waals surface area (Å²) in [7, 11) is 0. The number of pyridine rings is 1. The van der Waals surface area contributed by atoms with Crippen LogP contribution < -0.4 is 4.90 Å². The van der Waals surface area contributed by atoms with Gasteiger partial charge in [0.25, 0.3) is 0 Å². The lowest BCUT2D eigenvalue weighted by molar-refractivity contribution is -0.0193. The summed E-state index contributed by atoms with van der Waals surface area (Å²) in [5, 5.41) is 0. The molecule has 4 saturated carbocycles. The third-order valence-electron chi connectivity index (χ3n) is 13.5. The smallest absolute Gasteiger partial charge is 0.0468 e. The quantitative estimate of drug-likeness (QED) is 0.191. The molecule has 11 rings (SSSR count). The van der Waals surface area contributed by atoms with Crippen LogP contribution in [-0.4, -0.2) is 4.98 Å². The van der Waals surface area contributed by atoms with Crippen LogP contribution in [0.1, 0.15) is 43.2 Å². The van der Waals surface area contributed by atoms with E-state index in [0.29, 0.717) is 5.41 Å². The van der Waals surface area contributed by atoms with Crippen molar-refractivity contribution in [2.45, 2.75) is 37.5 Å². The van der Waals surface area contributed by atoms with Gasteiger partial charge in [-0.1, -0.05) is 84.9 Å². The number of anilines is 3. The number of hydrogen-bond donors (Lipinski definition) is 0. The molecule has 5 aliphatic rings. The predicted molar refractivity (Wildman–Crippen MR) is 195 cm³/mol. The number of fused-ring (bicyclic) bond motifs is 9. The first-order chi connectivity index (χ1) is 23.7. The van der Waals surface area contributed by atoms with Crippen LogP contribution in [0.3, 0.4) is 0 Å². The van der Waals surface area contributed by atoms with Gasteiger partial charge < -0.3 is 4.90 Å². The van der Waals surface area contributed by atoms with E-state index in [2.05, 4.69) is 143 Å². The third kappa shape index (κ3) is 3.51. The summed E-state index contributed by atoms with van der Waals surface area (Å²) < 4.78 is 0. The summed E-state index contributed by atoms with van der Waals surface area (Å²) in [4.78, 5) is 6.67. The fourth-order valence-electron chi connectivity index (χ4n) is 11.8. The van der Waals surface area contributed by atoms with Gasteiger partial charge in [-0.25, -0.2) is 0 Å². The zero-order chi connectivity index (χ0) is 31.5. The summed E-state index contributed by atoms with van der Waals surface area (Å²) in [5.41, 5.74) is 15.4. The number of rotatable bonds is 5. The maximum atomic E-state index is 4.22. The molecule has 1 heterocycles. The monoisotopic (exact) mass is 618 g/mol. The molecule has 0 aliphatic heterocycles. The molecule has 232 valence electrons. The molecule has 0 amide bonds. The Balaban J connectivity index is 1.06. The average Bonchev–Trinajstić information content (AvgIpc) is 3.61. The van der Waals surface area contributed by atoms with Gasteiger partial charge in [0, 0.05) is 34.9 Å². The maximum Gasteiger partial charge on any atom is 0.0468 e. The highest BCUT2D eigenvalue weighted by atomic mass is 15.1. The molecule has 2 heteroatoms. The van der Waals surface area contributed by atoms with Gasteiger partial charge in [-0.2, -0.15) is 0 Å². The van der Waals surface area contributed by atoms with Crippen molar-refractivity contribution in [3.05, 3.63) is 157 Å². The van der Waals surface area contributed by atoms with Crippen LogP contribution >= 0.6 is 0 Å². The molecule has 0 N–H and O–H groups in total. The molecule has 5 aromatic carbocycles. The van der Waals surface area contributed by atoms with Crippen LogP contribution in [-0.2, 0) is 5.41 Å². The van der Waals surface area contributed by atoms with Crippen molar-refractivity contribution < 1.29 is 0 Å². The molecule has 5 aliphatic carbocycles. The van der Waals surface area contributed by atoms with Crippen LogP contribution in [0.5, 0.6) is 0 Å². The highest BCUT2D eigenvalue weighted by Crippen LogP contribution is 2.83. The van der Waals surface area contributed by atoms with Gasteiger partial charge in [0.1, 0.15) is 0 Å². The van der Waals surface area contributed by atoms with Gasteiger partial charge in [-0.3, -0.25) is 4.98 Å².